The van der Waals surface area contributed by atoms with Gasteiger partial charge in [0.25, 0.3) is 0 Å². The van der Waals surface area contributed by atoms with Crippen LogP contribution in [0.15, 0.2) is 91.0 Å². The Bertz CT molecular complexity index is 1210. The molecular weight excluding hydrogens is 484 g/mol. The van der Waals surface area contributed by atoms with Crippen LogP contribution in [0, 0.1) is 0 Å². The van der Waals surface area contributed by atoms with Crippen LogP contribution in [0.2, 0.25) is 0 Å². The van der Waals surface area contributed by atoms with E-state index in [1.807, 2.05) is 42.5 Å². The zero-order chi connectivity index (χ0) is 27.3. The van der Waals surface area contributed by atoms with E-state index in [4.69, 9.17) is 5.73 Å². The lowest BCUT2D eigenvalue weighted by atomic mass is 10.0. The van der Waals surface area contributed by atoms with Gasteiger partial charge in [-0.25, -0.2) is 4.79 Å². The summed E-state index contributed by atoms with van der Waals surface area (Å²) in [5.74, 6) is -2.93. The number of aliphatic carboxylic acids is 1. The number of hydrogen-bond donors (Lipinski definition) is 5. The highest BCUT2D eigenvalue weighted by Crippen LogP contribution is 2.07. The van der Waals surface area contributed by atoms with Crippen molar-refractivity contribution in [3.05, 3.63) is 108 Å². The molecule has 0 spiro atoms. The molecular formula is C29H32N4O5. The third-order valence-electron chi connectivity index (χ3n) is 5.89. The summed E-state index contributed by atoms with van der Waals surface area (Å²) in [7, 11) is 0. The average molecular weight is 517 g/mol. The Morgan fingerprint density at radius 2 is 1.08 bits per heavy atom. The second-order valence-corrected chi connectivity index (χ2v) is 8.91. The number of hydrogen-bond acceptors (Lipinski definition) is 5. The van der Waals surface area contributed by atoms with Crippen LogP contribution in [0.3, 0.4) is 0 Å². The van der Waals surface area contributed by atoms with Crippen molar-refractivity contribution in [2.24, 2.45) is 5.73 Å². The van der Waals surface area contributed by atoms with E-state index in [1.54, 1.807) is 48.5 Å². The first-order valence-corrected chi connectivity index (χ1v) is 12.3. The van der Waals surface area contributed by atoms with Crippen LogP contribution in [-0.4, -0.2) is 53.5 Å². The third kappa shape index (κ3) is 9.18. The van der Waals surface area contributed by atoms with Gasteiger partial charge in [-0.1, -0.05) is 91.0 Å². The van der Waals surface area contributed by atoms with Crippen LogP contribution in [0.25, 0.3) is 0 Å². The van der Waals surface area contributed by atoms with Gasteiger partial charge in [-0.2, -0.15) is 0 Å². The molecule has 198 valence electrons. The van der Waals surface area contributed by atoms with Gasteiger partial charge in [-0.05, 0) is 23.1 Å². The van der Waals surface area contributed by atoms with Gasteiger partial charge >= 0.3 is 5.97 Å². The summed E-state index contributed by atoms with van der Waals surface area (Å²) in [4.78, 5) is 50.1. The fourth-order valence-corrected chi connectivity index (χ4v) is 3.89. The number of benzene rings is 3. The summed E-state index contributed by atoms with van der Waals surface area (Å²) in [6.45, 7) is -0.383. The van der Waals surface area contributed by atoms with Crippen molar-refractivity contribution in [2.75, 3.05) is 6.54 Å². The zero-order valence-electron chi connectivity index (χ0n) is 20.9. The highest BCUT2D eigenvalue weighted by Gasteiger charge is 2.27. The number of rotatable bonds is 13. The largest absolute Gasteiger partial charge is 0.480 e. The maximum atomic E-state index is 13.1. The predicted molar refractivity (Wildman–Crippen MR) is 143 cm³/mol. The summed E-state index contributed by atoms with van der Waals surface area (Å²) in [6, 6.07) is 24.1. The van der Waals surface area contributed by atoms with Crippen molar-refractivity contribution in [3.63, 3.8) is 0 Å². The molecule has 0 aromatic heterocycles. The fraction of sp³-hybridized carbons (Fsp3) is 0.241. The van der Waals surface area contributed by atoms with Crippen LogP contribution < -0.4 is 21.7 Å². The summed E-state index contributed by atoms with van der Waals surface area (Å²) in [6.07, 6.45) is 0.534. The molecule has 3 amide bonds. The molecule has 0 heterocycles. The van der Waals surface area contributed by atoms with Crippen LogP contribution in [0.4, 0.5) is 0 Å². The minimum Gasteiger partial charge on any atom is -0.480 e. The van der Waals surface area contributed by atoms with E-state index in [1.165, 1.54) is 0 Å². The molecule has 0 aliphatic heterocycles. The number of nitrogens with one attached hydrogen (secondary N) is 3. The second-order valence-electron chi connectivity index (χ2n) is 8.91. The first-order chi connectivity index (χ1) is 18.3. The first-order valence-electron chi connectivity index (χ1n) is 12.3. The van der Waals surface area contributed by atoms with Crippen molar-refractivity contribution in [1.82, 2.24) is 16.0 Å². The van der Waals surface area contributed by atoms with Gasteiger partial charge in [0.05, 0.1) is 12.6 Å². The summed E-state index contributed by atoms with van der Waals surface area (Å²) in [5.41, 5.74) is 8.38. The van der Waals surface area contributed by atoms with Gasteiger partial charge in [0.2, 0.25) is 17.7 Å². The average Bonchev–Trinajstić information content (AvgIpc) is 2.92. The molecule has 0 saturated heterocycles. The van der Waals surface area contributed by atoms with E-state index < -0.39 is 41.8 Å². The molecule has 0 fully saturated rings. The van der Waals surface area contributed by atoms with E-state index in [0.717, 1.165) is 16.7 Å². The Hall–Kier alpha value is -4.50. The molecule has 0 aliphatic carbocycles. The SMILES string of the molecule is NC(Cc1ccccc1)C(=O)NCC(=O)NC(Cc1ccccc1)C(=O)NC(Cc1ccccc1)C(=O)O. The lowest BCUT2D eigenvalue weighted by molar-refractivity contribution is -0.142. The molecule has 9 heteroatoms. The minimum atomic E-state index is -1.19. The summed E-state index contributed by atoms with van der Waals surface area (Å²) in [5, 5.41) is 17.3. The number of carbonyl (C=O) groups is 4. The van der Waals surface area contributed by atoms with E-state index in [2.05, 4.69) is 16.0 Å². The van der Waals surface area contributed by atoms with Gasteiger partial charge in [0.1, 0.15) is 12.1 Å². The topological polar surface area (TPSA) is 151 Å². The van der Waals surface area contributed by atoms with E-state index in [9.17, 15) is 24.3 Å². The molecule has 0 radical (unpaired) electrons. The molecule has 0 aliphatic rings. The normalized spacial score (nSPS) is 13.0. The van der Waals surface area contributed by atoms with Crippen LogP contribution in [0.1, 0.15) is 16.7 Å². The number of nitrogens with two attached hydrogens (primary N) is 1. The molecule has 38 heavy (non-hydrogen) atoms. The van der Waals surface area contributed by atoms with Gasteiger partial charge in [-0.15, -0.1) is 0 Å². The molecule has 6 N–H and O–H groups in total. The molecule has 0 bridgehead atoms. The molecule has 0 saturated carbocycles. The fourth-order valence-electron chi connectivity index (χ4n) is 3.89. The Labute approximate surface area is 221 Å². The molecule has 3 aromatic rings. The Morgan fingerprint density at radius 3 is 1.55 bits per heavy atom. The van der Waals surface area contributed by atoms with Gasteiger partial charge < -0.3 is 26.8 Å². The Kier molecular flexibility index (Phi) is 10.6. The van der Waals surface area contributed by atoms with Crippen molar-refractivity contribution < 1.29 is 24.3 Å². The molecule has 3 unspecified atom stereocenters. The maximum Gasteiger partial charge on any atom is 0.326 e. The quantitative estimate of drug-likeness (QED) is 0.230. The highest BCUT2D eigenvalue weighted by atomic mass is 16.4. The minimum absolute atomic E-state index is 0.0866. The molecule has 9 nitrogen and oxygen atoms in total. The summed E-state index contributed by atoms with van der Waals surface area (Å²) >= 11 is 0. The maximum absolute atomic E-state index is 13.1. The zero-order valence-corrected chi connectivity index (χ0v) is 20.9. The molecule has 3 aromatic carbocycles. The van der Waals surface area contributed by atoms with Gasteiger partial charge in [0.15, 0.2) is 0 Å². The number of carboxylic acid groups (broad SMARTS) is 1. The van der Waals surface area contributed by atoms with Crippen LogP contribution in [0.5, 0.6) is 0 Å². The predicted octanol–water partition coefficient (Wildman–Crippen LogP) is 1.21. The number of carboxylic acids is 1. The van der Waals surface area contributed by atoms with Crippen molar-refractivity contribution in [3.8, 4) is 0 Å². The van der Waals surface area contributed by atoms with Crippen molar-refractivity contribution >= 4 is 23.7 Å². The Balaban J connectivity index is 1.62. The smallest absolute Gasteiger partial charge is 0.326 e. The number of carbonyl (C=O) groups excluding carboxylic acids is 3. The van der Waals surface area contributed by atoms with Crippen LogP contribution in [-0.2, 0) is 38.4 Å². The second kappa shape index (κ2) is 14.3. The lowest BCUT2D eigenvalue weighted by Crippen LogP contribution is -2.55. The standard InChI is InChI=1S/C29H32N4O5/c30-23(16-20-10-4-1-5-11-20)27(35)31-19-26(34)32-24(17-21-12-6-2-7-13-21)28(36)33-25(29(37)38)18-22-14-8-3-9-15-22/h1-15,23-25H,16-19,30H2,(H,31,35)(H,32,34)(H,33,36)(H,37,38). The van der Waals surface area contributed by atoms with E-state index in [0.29, 0.717) is 6.42 Å². The summed E-state index contributed by atoms with van der Waals surface area (Å²) < 4.78 is 0. The van der Waals surface area contributed by atoms with E-state index in [-0.39, 0.29) is 19.4 Å². The Morgan fingerprint density at radius 1 is 0.632 bits per heavy atom. The number of amides is 3. The first kappa shape index (κ1) is 28.1. The van der Waals surface area contributed by atoms with Gasteiger partial charge in [0, 0.05) is 12.8 Å². The van der Waals surface area contributed by atoms with Crippen LogP contribution >= 0.6 is 0 Å². The monoisotopic (exact) mass is 516 g/mol. The highest BCUT2D eigenvalue weighted by molar-refractivity contribution is 5.92. The molecule has 3 rings (SSSR count). The van der Waals surface area contributed by atoms with Crippen molar-refractivity contribution in [1.29, 1.82) is 0 Å². The van der Waals surface area contributed by atoms with Crippen molar-refractivity contribution in [2.45, 2.75) is 37.4 Å². The van der Waals surface area contributed by atoms with E-state index >= 15 is 0 Å². The molecule has 3 atom stereocenters. The van der Waals surface area contributed by atoms with Gasteiger partial charge in [-0.3, -0.25) is 14.4 Å². The lowest BCUT2D eigenvalue weighted by Gasteiger charge is -2.22. The third-order valence-corrected chi connectivity index (χ3v) is 5.89.